The Morgan fingerprint density at radius 3 is 2.89 bits per heavy atom. The van der Waals surface area contributed by atoms with Gasteiger partial charge in [-0.3, -0.25) is 9.69 Å². The van der Waals surface area contributed by atoms with Crippen molar-refractivity contribution >= 4 is 5.97 Å². The number of aromatic nitrogens is 4. The van der Waals surface area contributed by atoms with Crippen LogP contribution < -0.4 is 0 Å². The first kappa shape index (κ1) is 12.9. The third kappa shape index (κ3) is 2.50. The molecular weight excluding hydrogens is 234 g/mol. The number of hydrogen-bond donors (Lipinski definition) is 1. The molecule has 0 aromatic carbocycles. The highest BCUT2D eigenvalue weighted by molar-refractivity contribution is 5.75. The van der Waals surface area contributed by atoms with Crippen LogP contribution in [-0.2, 0) is 18.4 Å². The van der Waals surface area contributed by atoms with Gasteiger partial charge in [-0.2, -0.15) is 4.80 Å². The van der Waals surface area contributed by atoms with Gasteiger partial charge in [0.2, 0.25) is 0 Å². The van der Waals surface area contributed by atoms with Gasteiger partial charge in [0.15, 0.2) is 5.82 Å². The number of piperidine rings is 1. The summed E-state index contributed by atoms with van der Waals surface area (Å²) in [6, 6.07) is 0. The molecule has 18 heavy (non-hydrogen) atoms. The average molecular weight is 253 g/mol. The van der Waals surface area contributed by atoms with Gasteiger partial charge in [-0.05, 0) is 31.0 Å². The highest BCUT2D eigenvalue weighted by atomic mass is 16.4. The molecule has 1 atom stereocenters. The van der Waals surface area contributed by atoms with E-state index in [0.29, 0.717) is 25.3 Å². The first-order chi connectivity index (χ1) is 8.55. The van der Waals surface area contributed by atoms with Gasteiger partial charge in [0.05, 0.1) is 19.0 Å². The Labute approximate surface area is 106 Å². The third-order valence-electron chi connectivity index (χ3n) is 3.70. The number of carboxylic acids is 1. The highest BCUT2D eigenvalue weighted by Gasteiger charge is 2.40. The van der Waals surface area contributed by atoms with E-state index in [-0.39, 0.29) is 0 Å². The SMILES string of the molecule is CCC1(C(=O)O)CCCN(Cc2nnn(C)n2)C1. The molecule has 1 N–H and O–H groups in total. The molecule has 1 unspecified atom stereocenters. The second kappa shape index (κ2) is 5.01. The lowest BCUT2D eigenvalue weighted by Crippen LogP contribution is -2.47. The van der Waals surface area contributed by atoms with E-state index in [9.17, 15) is 9.90 Å². The van der Waals surface area contributed by atoms with Gasteiger partial charge in [-0.25, -0.2) is 0 Å². The molecule has 7 heteroatoms. The van der Waals surface area contributed by atoms with Crippen molar-refractivity contribution < 1.29 is 9.90 Å². The van der Waals surface area contributed by atoms with Crippen molar-refractivity contribution in [3.63, 3.8) is 0 Å². The highest BCUT2D eigenvalue weighted by Crippen LogP contribution is 2.33. The fourth-order valence-corrected chi connectivity index (χ4v) is 2.56. The molecule has 2 heterocycles. The van der Waals surface area contributed by atoms with Crippen molar-refractivity contribution in [2.75, 3.05) is 13.1 Å². The zero-order valence-electron chi connectivity index (χ0n) is 10.8. The topological polar surface area (TPSA) is 84.1 Å². The second-order valence-corrected chi connectivity index (χ2v) is 4.95. The molecule has 0 aliphatic carbocycles. The average Bonchev–Trinajstić information content (AvgIpc) is 2.74. The van der Waals surface area contributed by atoms with Crippen LogP contribution in [0.2, 0.25) is 0 Å². The monoisotopic (exact) mass is 253 g/mol. The van der Waals surface area contributed by atoms with Crippen molar-refractivity contribution in [1.29, 1.82) is 0 Å². The summed E-state index contributed by atoms with van der Waals surface area (Å²) in [5.74, 6) is -0.0448. The first-order valence-corrected chi connectivity index (χ1v) is 6.24. The van der Waals surface area contributed by atoms with Gasteiger partial charge in [0, 0.05) is 6.54 Å². The van der Waals surface area contributed by atoms with Crippen molar-refractivity contribution in [1.82, 2.24) is 25.1 Å². The molecule has 100 valence electrons. The predicted molar refractivity (Wildman–Crippen MR) is 63.7 cm³/mol. The van der Waals surface area contributed by atoms with Crippen LogP contribution in [0.15, 0.2) is 0 Å². The number of carbonyl (C=O) groups is 1. The molecular formula is C11H19N5O2. The number of nitrogens with zero attached hydrogens (tertiary/aromatic N) is 5. The van der Waals surface area contributed by atoms with Gasteiger partial charge in [0.1, 0.15) is 0 Å². The predicted octanol–water partition coefficient (Wildman–Crippen LogP) is 0.287. The summed E-state index contributed by atoms with van der Waals surface area (Å²) in [6.45, 7) is 3.98. The molecule has 1 aromatic heterocycles. The maximum absolute atomic E-state index is 11.4. The van der Waals surface area contributed by atoms with Gasteiger partial charge in [-0.1, -0.05) is 6.92 Å². The van der Waals surface area contributed by atoms with E-state index in [2.05, 4.69) is 20.3 Å². The number of hydrogen-bond acceptors (Lipinski definition) is 5. The molecule has 0 radical (unpaired) electrons. The van der Waals surface area contributed by atoms with E-state index >= 15 is 0 Å². The lowest BCUT2D eigenvalue weighted by molar-refractivity contribution is -0.153. The van der Waals surface area contributed by atoms with E-state index in [1.165, 1.54) is 4.80 Å². The van der Waals surface area contributed by atoms with Gasteiger partial charge in [0.25, 0.3) is 0 Å². The van der Waals surface area contributed by atoms with E-state index in [4.69, 9.17) is 0 Å². The van der Waals surface area contributed by atoms with Crippen molar-refractivity contribution in [2.45, 2.75) is 32.7 Å². The van der Waals surface area contributed by atoms with Gasteiger partial charge in [-0.15, -0.1) is 10.2 Å². The Morgan fingerprint density at radius 1 is 1.56 bits per heavy atom. The Morgan fingerprint density at radius 2 is 2.33 bits per heavy atom. The molecule has 1 aliphatic heterocycles. The third-order valence-corrected chi connectivity index (χ3v) is 3.70. The van der Waals surface area contributed by atoms with Crippen LogP contribution in [0, 0.1) is 5.41 Å². The molecule has 0 spiro atoms. The van der Waals surface area contributed by atoms with E-state index in [1.807, 2.05) is 6.92 Å². The molecule has 1 saturated heterocycles. The van der Waals surface area contributed by atoms with Crippen LogP contribution in [0.3, 0.4) is 0 Å². The smallest absolute Gasteiger partial charge is 0.310 e. The number of aryl methyl sites for hydroxylation is 1. The van der Waals surface area contributed by atoms with Crippen molar-refractivity contribution in [3.8, 4) is 0 Å². The number of rotatable bonds is 4. The number of aliphatic carboxylic acids is 1. The molecule has 1 aromatic rings. The minimum atomic E-state index is -0.693. The summed E-state index contributed by atoms with van der Waals surface area (Å²) < 4.78 is 0. The fourth-order valence-electron chi connectivity index (χ4n) is 2.56. The number of tetrazole rings is 1. The quantitative estimate of drug-likeness (QED) is 0.830. The Kier molecular flexibility index (Phi) is 3.60. The number of likely N-dealkylation sites (tertiary alicyclic amines) is 1. The maximum atomic E-state index is 11.4. The Hall–Kier alpha value is -1.50. The number of carboxylic acid groups (broad SMARTS) is 1. The molecule has 1 fully saturated rings. The van der Waals surface area contributed by atoms with Gasteiger partial charge < -0.3 is 5.11 Å². The zero-order valence-corrected chi connectivity index (χ0v) is 10.8. The minimum absolute atomic E-state index is 0.567. The van der Waals surface area contributed by atoms with Crippen LogP contribution in [0.5, 0.6) is 0 Å². The summed E-state index contributed by atoms with van der Waals surface area (Å²) >= 11 is 0. The zero-order chi connectivity index (χ0) is 13.2. The molecule has 7 nitrogen and oxygen atoms in total. The molecule has 0 bridgehead atoms. The normalized spacial score (nSPS) is 25.2. The largest absolute Gasteiger partial charge is 0.481 e. The molecule has 0 amide bonds. The molecule has 0 saturated carbocycles. The van der Waals surface area contributed by atoms with E-state index < -0.39 is 11.4 Å². The van der Waals surface area contributed by atoms with Crippen LogP contribution in [0.4, 0.5) is 0 Å². The van der Waals surface area contributed by atoms with Gasteiger partial charge >= 0.3 is 5.97 Å². The van der Waals surface area contributed by atoms with Crippen LogP contribution in [0.25, 0.3) is 0 Å². The summed E-state index contributed by atoms with van der Waals surface area (Å²) in [4.78, 5) is 15.0. The molecule has 1 aliphatic rings. The van der Waals surface area contributed by atoms with Crippen LogP contribution >= 0.6 is 0 Å². The van der Waals surface area contributed by atoms with E-state index in [0.717, 1.165) is 19.4 Å². The Bertz CT molecular complexity index is 433. The summed E-state index contributed by atoms with van der Waals surface area (Å²) in [7, 11) is 1.72. The second-order valence-electron chi connectivity index (χ2n) is 4.95. The van der Waals surface area contributed by atoms with Crippen molar-refractivity contribution in [3.05, 3.63) is 5.82 Å². The standard InChI is InChI=1S/C11H19N5O2/c1-3-11(10(17)18)5-4-6-16(8-11)7-9-12-14-15(2)13-9/h3-8H2,1-2H3,(H,17,18). The lowest BCUT2D eigenvalue weighted by atomic mass is 9.77. The lowest BCUT2D eigenvalue weighted by Gasteiger charge is -2.38. The summed E-state index contributed by atoms with van der Waals surface area (Å²) in [5, 5.41) is 21.3. The first-order valence-electron chi connectivity index (χ1n) is 6.24. The Balaban J connectivity index is 2.04. The fraction of sp³-hybridized carbons (Fsp3) is 0.818. The maximum Gasteiger partial charge on any atom is 0.310 e. The summed E-state index contributed by atoms with van der Waals surface area (Å²) in [6.07, 6.45) is 2.32. The van der Waals surface area contributed by atoms with E-state index in [1.54, 1.807) is 7.05 Å². The minimum Gasteiger partial charge on any atom is -0.481 e. The van der Waals surface area contributed by atoms with Crippen LogP contribution in [-0.4, -0.2) is 49.3 Å². The summed E-state index contributed by atoms with van der Waals surface area (Å²) in [5.41, 5.74) is -0.611. The van der Waals surface area contributed by atoms with Crippen LogP contribution in [0.1, 0.15) is 32.0 Å². The molecule has 2 rings (SSSR count). The van der Waals surface area contributed by atoms with Crippen molar-refractivity contribution in [2.24, 2.45) is 12.5 Å².